The largest absolute Gasteiger partial charge is 0.392 e. The summed E-state index contributed by atoms with van der Waals surface area (Å²) in [6.07, 6.45) is 4.83. The SMILES string of the molecule is OCC=Cc1ccc2c(c1)CCNC2. The zero-order chi connectivity index (χ0) is 9.80. The number of rotatable bonds is 2. The maximum Gasteiger partial charge on any atom is 0.0615 e. The van der Waals surface area contributed by atoms with Crippen LogP contribution in [0, 0.1) is 0 Å². The Hall–Kier alpha value is -1.12. The van der Waals surface area contributed by atoms with E-state index in [1.807, 2.05) is 6.08 Å². The fourth-order valence-corrected chi connectivity index (χ4v) is 1.79. The molecule has 2 N–H and O–H groups in total. The Labute approximate surface area is 84.3 Å². The normalized spacial score (nSPS) is 15.8. The third-order valence-electron chi connectivity index (χ3n) is 2.53. The van der Waals surface area contributed by atoms with Crippen molar-refractivity contribution in [1.82, 2.24) is 5.32 Å². The first-order valence-corrected chi connectivity index (χ1v) is 5.00. The molecular formula is C12H15NO. The molecule has 0 fully saturated rings. The molecular weight excluding hydrogens is 174 g/mol. The average Bonchev–Trinajstić information content (AvgIpc) is 2.26. The molecule has 0 aromatic heterocycles. The van der Waals surface area contributed by atoms with Gasteiger partial charge in [0, 0.05) is 6.54 Å². The second-order valence-electron chi connectivity index (χ2n) is 3.54. The molecule has 0 amide bonds. The quantitative estimate of drug-likeness (QED) is 0.735. The molecule has 2 rings (SSSR count). The van der Waals surface area contributed by atoms with E-state index in [9.17, 15) is 0 Å². The number of aliphatic hydroxyl groups excluding tert-OH is 1. The Bertz CT molecular complexity index is 344. The van der Waals surface area contributed by atoms with Gasteiger partial charge in [0.15, 0.2) is 0 Å². The van der Waals surface area contributed by atoms with Crippen LogP contribution in [0.15, 0.2) is 24.3 Å². The van der Waals surface area contributed by atoms with E-state index in [0.717, 1.165) is 19.5 Å². The summed E-state index contributed by atoms with van der Waals surface area (Å²) in [5.74, 6) is 0. The Morgan fingerprint density at radius 3 is 3.14 bits per heavy atom. The molecule has 1 aliphatic rings. The van der Waals surface area contributed by atoms with Crippen molar-refractivity contribution in [2.24, 2.45) is 0 Å². The second kappa shape index (κ2) is 4.40. The van der Waals surface area contributed by atoms with Gasteiger partial charge in [0.1, 0.15) is 0 Å². The van der Waals surface area contributed by atoms with Gasteiger partial charge in [-0.05, 0) is 29.7 Å². The highest BCUT2D eigenvalue weighted by molar-refractivity contribution is 5.52. The summed E-state index contributed by atoms with van der Waals surface area (Å²) in [5.41, 5.74) is 4.01. The molecule has 0 saturated heterocycles. The molecule has 2 heteroatoms. The molecule has 14 heavy (non-hydrogen) atoms. The number of aliphatic hydroxyl groups is 1. The van der Waals surface area contributed by atoms with Gasteiger partial charge < -0.3 is 10.4 Å². The highest BCUT2D eigenvalue weighted by Gasteiger charge is 2.07. The van der Waals surface area contributed by atoms with Crippen LogP contribution in [0.5, 0.6) is 0 Å². The van der Waals surface area contributed by atoms with Crippen molar-refractivity contribution in [3.8, 4) is 0 Å². The van der Waals surface area contributed by atoms with Gasteiger partial charge in [-0.1, -0.05) is 30.4 Å². The van der Waals surface area contributed by atoms with Crippen LogP contribution in [-0.2, 0) is 13.0 Å². The van der Waals surface area contributed by atoms with Gasteiger partial charge in [-0.25, -0.2) is 0 Å². The standard InChI is InChI=1S/C12H15NO/c14-7-1-2-10-3-4-12-9-13-6-5-11(12)8-10/h1-4,8,13-14H,5-7,9H2. The molecule has 0 saturated carbocycles. The van der Waals surface area contributed by atoms with Crippen LogP contribution < -0.4 is 5.32 Å². The van der Waals surface area contributed by atoms with Gasteiger partial charge in [-0.15, -0.1) is 0 Å². The van der Waals surface area contributed by atoms with Crippen LogP contribution in [0.1, 0.15) is 16.7 Å². The van der Waals surface area contributed by atoms with E-state index in [4.69, 9.17) is 5.11 Å². The minimum atomic E-state index is 0.110. The summed E-state index contributed by atoms with van der Waals surface area (Å²) in [6.45, 7) is 2.16. The van der Waals surface area contributed by atoms with Gasteiger partial charge in [0.2, 0.25) is 0 Å². The predicted octanol–water partition coefficient (Wildman–Crippen LogP) is 1.34. The van der Waals surface area contributed by atoms with Crippen molar-refractivity contribution < 1.29 is 5.11 Å². The average molecular weight is 189 g/mol. The van der Waals surface area contributed by atoms with Crippen LogP contribution in [0.2, 0.25) is 0 Å². The lowest BCUT2D eigenvalue weighted by atomic mass is 9.98. The Kier molecular flexibility index (Phi) is 2.96. The molecule has 0 unspecified atom stereocenters. The van der Waals surface area contributed by atoms with Crippen LogP contribution in [0.3, 0.4) is 0 Å². The molecule has 1 aliphatic heterocycles. The van der Waals surface area contributed by atoms with Gasteiger partial charge in [-0.3, -0.25) is 0 Å². The van der Waals surface area contributed by atoms with E-state index in [-0.39, 0.29) is 6.61 Å². The summed E-state index contributed by atoms with van der Waals surface area (Å²) in [4.78, 5) is 0. The summed E-state index contributed by atoms with van der Waals surface area (Å²) in [7, 11) is 0. The first-order chi connectivity index (χ1) is 6.90. The third kappa shape index (κ3) is 2.03. The lowest BCUT2D eigenvalue weighted by Crippen LogP contribution is -2.23. The van der Waals surface area contributed by atoms with E-state index in [1.54, 1.807) is 6.08 Å². The number of benzene rings is 1. The van der Waals surface area contributed by atoms with Crippen LogP contribution in [0.25, 0.3) is 6.08 Å². The summed E-state index contributed by atoms with van der Waals surface area (Å²) < 4.78 is 0. The van der Waals surface area contributed by atoms with Gasteiger partial charge in [0.05, 0.1) is 6.61 Å². The summed E-state index contributed by atoms with van der Waals surface area (Å²) in [5, 5.41) is 12.0. The van der Waals surface area contributed by atoms with E-state index < -0.39 is 0 Å². The highest BCUT2D eigenvalue weighted by atomic mass is 16.2. The van der Waals surface area contributed by atoms with Crippen LogP contribution >= 0.6 is 0 Å². The van der Waals surface area contributed by atoms with Gasteiger partial charge in [0.25, 0.3) is 0 Å². The summed E-state index contributed by atoms with van der Waals surface area (Å²) in [6, 6.07) is 6.47. The molecule has 0 bridgehead atoms. The maximum absolute atomic E-state index is 8.67. The van der Waals surface area contributed by atoms with E-state index in [2.05, 4.69) is 23.5 Å². The molecule has 1 aromatic carbocycles. The third-order valence-corrected chi connectivity index (χ3v) is 2.53. The second-order valence-corrected chi connectivity index (χ2v) is 3.54. The Morgan fingerprint density at radius 2 is 2.29 bits per heavy atom. The van der Waals surface area contributed by atoms with E-state index >= 15 is 0 Å². The molecule has 2 nitrogen and oxygen atoms in total. The van der Waals surface area contributed by atoms with Crippen molar-refractivity contribution >= 4 is 6.08 Å². The maximum atomic E-state index is 8.67. The molecule has 1 heterocycles. The van der Waals surface area contributed by atoms with Gasteiger partial charge >= 0.3 is 0 Å². The monoisotopic (exact) mass is 189 g/mol. The lowest BCUT2D eigenvalue weighted by molar-refractivity contribution is 0.343. The number of fused-ring (bicyclic) bond motifs is 1. The van der Waals surface area contributed by atoms with Crippen LogP contribution in [-0.4, -0.2) is 18.3 Å². The highest BCUT2D eigenvalue weighted by Crippen LogP contribution is 2.16. The number of nitrogens with one attached hydrogen (secondary N) is 1. The topological polar surface area (TPSA) is 32.3 Å². The first kappa shape index (κ1) is 9.44. The molecule has 74 valence electrons. The molecule has 0 spiro atoms. The molecule has 0 atom stereocenters. The van der Waals surface area contributed by atoms with Crippen molar-refractivity contribution in [2.75, 3.05) is 13.2 Å². The molecule has 0 radical (unpaired) electrons. The zero-order valence-electron chi connectivity index (χ0n) is 8.16. The van der Waals surface area contributed by atoms with Crippen molar-refractivity contribution in [2.45, 2.75) is 13.0 Å². The van der Waals surface area contributed by atoms with Crippen molar-refractivity contribution in [1.29, 1.82) is 0 Å². The minimum Gasteiger partial charge on any atom is -0.392 e. The number of hydrogen-bond donors (Lipinski definition) is 2. The zero-order valence-corrected chi connectivity index (χ0v) is 8.16. The number of hydrogen-bond acceptors (Lipinski definition) is 2. The van der Waals surface area contributed by atoms with Gasteiger partial charge in [-0.2, -0.15) is 0 Å². The smallest absolute Gasteiger partial charge is 0.0615 e. The molecule has 0 aliphatic carbocycles. The molecule has 1 aromatic rings. The Balaban J connectivity index is 2.24. The first-order valence-electron chi connectivity index (χ1n) is 5.00. The van der Waals surface area contributed by atoms with Crippen molar-refractivity contribution in [3.63, 3.8) is 0 Å². The lowest BCUT2D eigenvalue weighted by Gasteiger charge is -2.17. The van der Waals surface area contributed by atoms with Crippen LogP contribution in [0.4, 0.5) is 0 Å². The fourth-order valence-electron chi connectivity index (χ4n) is 1.79. The minimum absolute atomic E-state index is 0.110. The summed E-state index contributed by atoms with van der Waals surface area (Å²) >= 11 is 0. The fraction of sp³-hybridized carbons (Fsp3) is 0.333. The predicted molar refractivity (Wildman–Crippen MR) is 58.0 cm³/mol. The Morgan fingerprint density at radius 1 is 1.36 bits per heavy atom. The van der Waals surface area contributed by atoms with E-state index in [0.29, 0.717) is 0 Å². The van der Waals surface area contributed by atoms with Crippen molar-refractivity contribution in [3.05, 3.63) is 41.0 Å². The van der Waals surface area contributed by atoms with E-state index in [1.165, 1.54) is 16.7 Å².